The van der Waals surface area contributed by atoms with Crippen molar-refractivity contribution in [2.45, 2.75) is 141 Å². The van der Waals surface area contributed by atoms with Gasteiger partial charge in [-0.05, 0) is 13.3 Å². The fourth-order valence-corrected chi connectivity index (χ4v) is 5.24. The minimum absolute atomic E-state index is 0.0645. The Labute approximate surface area is 232 Å². The fourth-order valence-electron chi connectivity index (χ4n) is 5.24. The Hall–Kier alpha value is -2.33. The lowest BCUT2D eigenvalue weighted by atomic mass is 10.0. The summed E-state index contributed by atoms with van der Waals surface area (Å²) in [6.45, 7) is 3.89. The molecule has 3 atom stereocenters. The van der Waals surface area contributed by atoms with Gasteiger partial charge in [0.2, 0.25) is 0 Å². The van der Waals surface area contributed by atoms with Crippen molar-refractivity contribution >= 4 is 23.0 Å². The van der Waals surface area contributed by atoms with Crippen LogP contribution in [0.5, 0.6) is 0 Å². The first-order chi connectivity index (χ1) is 18.8. The summed E-state index contributed by atoms with van der Waals surface area (Å²) in [4.78, 5) is 23.7. The Bertz CT molecular complexity index is 1020. The lowest BCUT2D eigenvalue weighted by molar-refractivity contribution is -0.162. The molecule has 220 valence electrons. The van der Waals surface area contributed by atoms with Crippen molar-refractivity contribution in [3.8, 4) is 0 Å². The van der Waals surface area contributed by atoms with E-state index in [0.717, 1.165) is 19.3 Å². The molecule has 2 aromatic rings. The SMILES string of the molecule is CCCCCCCCCCCCCCCCCC(=O)OC[C@@]1(C)O[C@@H](n2cnc3c(N)nc(F)nc32)C[C@@H]1O. The van der Waals surface area contributed by atoms with E-state index in [1.54, 1.807) is 6.92 Å². The van der Waals surface area contributed by atoms with Crippen molar-refractivity contribution in [3.63, 3.8) is 0 Å². The number of hydrogen-bond donors (Lipinski definition) is 2. The second-order valence-corrected chi connectivity index (χ2v) is 11.2. The number of ether oxygens (including phenoxy) is 2. The molecule has 39 heavy (non-hydrogen) atoms. The van der Waals surface area contributed by atoms with Gasteiger partial charge >= 0.3 is 12.0 Å². The number of hydrogen-bond acceptors (Lipinski definition) is 8. The average molecular weight is 550 g/mol. The van der Waals surface area contributed by atoms with Gasteiger partial charge in [0.05, 0.1) is 12.4 Å². The van der Waals surface area contributed by atoms with E-state index < -0.39 is 24.0 Å². The second kappa shape index (κ2) is 16.1. The van der Waals surface area contributed by atoms with Crippen LogP contribution in [-0.2, 0) is 14.3 Å². The number of esters is 1. The first-order valence-electron chi connectivity index (χ1n) is 15.0. The molecule has 2 aromatic heterocycles. The van der Waals surface area contributed by atoms with Crippen molar-refractivity contribution in [1.82, 2.24) is 19.5 Å². The number of carbonyl (C=O) groups is 1. The van der Waals surface area contributed by atoms with Gasteiger partial charge in [-0.25, -0.2) is 4.98 Å². The van der Waals surface area contributed by atoms with Crippen LogP contribution in [-0.4, -0.2) is 48.9 Å². The molecule has 3 N–H and O–H groups in total. The Morgan fingerprint density at radius 1 is 1.05 bits per heavy atom. The molecule has 1 saturated heterocycles. The molecule has 0 unspecified atom stereocenters. The zero-order valence-electron chi connectivity index (χ0n) is 23.9. The van der Waals surface area contributed by atoms with Gasteiger partial charge in [-0.2, -0.15) is 14.4 Å². The van der Waals surface area contributed by atoms with Gasteiger partial charge in [0, 0.05) is 12.8 Å². The summed E-state index contributed by atoms with van der Waals surface area (Å²) < 4.78 is 26.7. The predicted molar refractivity (Wildman–Crippen MR) is 149 cm³/mol. The number of aliphatic hydroxyl groups excluding tert-OH is 1. The molecule has 3 heterocycles. The smallest absolute Gasteiger partial charge is 0.312 e. The van der Waals surface area contributed by atoms with Gasteiger partial charge in [-0.1, -0.05) is 96.8 Å². The van der Waals surface area contributed by atoms with Crippen molar-refractivity contribution in [3.05, 3.63) is 12.4 Å². The molecule has 0 amide bonds. The van der Waals surface area contributed by atoms with Gasteiger partial charge < -0.3 is 20.3 Å². The highest BCUT2D eigenvalue weighted by molar-refractivity contribution is 5.81. The summed E-state index contributed by atoms with van der Waals surface area (Å²) in [6.07, 6.45) is 18.6. The number of anilines is 1. The van der Waals surface area contributed by atoms with Gasteiger partial charge in [0.1, 0.15) is 18.4 Å². The summed E-state index contributed by atoms with van der Waals surface area (Å²) in [6, 6.07) is 0. The average Bonchev–Trinajstić information content (AvgIpc) is 3.46. The van der Waals surface area contributed by atoms with E-state index in [9.17, 15) is 14.3 Å². The number of carbonyl (C=O) groups excluding carboxylic acids is 1. The molecular formula is C29H48FN5O4. The summed E-state index contributed by atoms with van der Waals surface area (Å²) in [5, 5.41) is 10.6. The number of rotatable bonds is 19. The molecule has 1 aliphatic heterocycles. The van der Waals surface area contributed by atoms with E-state index in [1.165, 1.54) is 87.9 Å². The maximum Gasteiger partial charge on any atom is 0.312 e. The van der Waals surface area contributed by atoms with Crippen LogP contribution in [0.1, 0.15) is 129 Å². The van der Waals surface area contributed by atoms with Crippen LogP contribution in [0.15, 0.2) is 6.33 Å². The van der Waals surface area contributed by atoms with E-state index in [2.05, 4.69) is 21.9 Å². The molecule has 1 aliphatic rings. The summed E-state index contributed by atoms with van der Waals surface area (Å²) in [7, 11) is 0. The molecule has 0 bridgehead atoms. The van der Waals surface area contributed by atoms with Gasteiger partial charge in [0.15, 0.2) is 17.0 Å². The van der Waals surface area contributed by atoms with E-state index in [0.29, 0.717) is 6.42 Å². The minimum Gasteiger partial charge on any atom is -0.462 e. The van der Waals surface area contributed by atoms with Crippen LogP contribution >= 0.6 is 0 Å². The number of nitrogens with two attached hydrogens (primary N) is 1. The van der Waals surface area contributed by atoms with Gasteiger partial charge in [-0.3, -0.25) is 9.36 Å². The van der Waals surface area contributed by atoms with Gasteiger partial charge in [0.25, 0.3) is 0 Å². The zero-order valence-corrected chi connectivity index (χ0v) is 23.9. The predicted octanol–water partition coefficient (Wildman–Crippen LogP) is 6.39. The number of aromatic nitrogens is 4. The molecule has 0 spiro atoms. The maximum atomic E-state index is 13.7. The topological polar surface area (TPSA) is 125 Å². The highest BCUT2D eigenvalue weighted by Gasteiger charge is 2.46. The molecule has 0 saturated carbocycles. The highest BCUT2D eigenvalue weighted by Crippen LogP contribution is 2.38. The highest BCUT2D eigenvalue weighted by atomic mass is 19.1. The van der Waals surface area contributed by atoms with Crippen LogP contribution in [0.4, 0.5) is 10.2 Å². The number of unbranched alkanes of at least 4 members (excludes halogenated alkanes) is 14. The largest absolute Gasteiger partial charge is 0.462 e. The van der Waals surface area contributed by atoms with Crippen molar-refractivity contribution in [2.24, 2.45) is 0 Å². The third-order valence-corrected chi connectivity index (χ3v) is 7.77. The summed E-state index contributed by atoms with van der Waals surface area (Å²) in [5.41, 5.74) is 5.09. The number of nitrogens with zero attached hydrogens (tertiary/aromatic N) is 4. The minimum atomic E-state index is -1.09. The Kier molecular flexibility index (Phi) is 12.8. The van der Waals surface area contributed by atoms with E-state index >= 15 is 0 Å². The van der Waals surface area contributed by atoms with Crippen LogP contribution in [0, 0.1) is 6.08 Å². The standard InChI is InChI=1S/C29H48FN5O4/c1-3-4-5-6-7-8-9-10-11-12-13-14-15-16-17-18-24(37)38-20-29(2)22(36)19-23(39-29)35-21-32-25-26(31)33-28(30)34-27(25)35/h21-23,36H,3-20H2,1-2H3,(H2,31,33,34)/t22-,23+,29+/m0/s1. The van der Waals surface area contributed by atoms with E-state index in [-0.39, 0.29) is 36.0 Å². The number of nitrogen functional groups attached to an aromatic ring is 1. The third-order valence-electron chi connectivity index (χ3n) is 7.77. The number of aliphatic hydroxyl groups is 1. The maximum absolute atomic E-state index is 13.7. The second-order valence-electron chi connectivity index (χ2n) is 11.2. The molecule has 0 aliphatic carbocycles. The van der Waals surface area contributed by atoms with Crippen LogP contribution in [0.3, 0.4) is 0 Å². The quantitative estimate of drug-likeness (QED) is 0.117. The monoisotopic (exact) mass is 549 g/mol. The zero-order chi connectivity index (χ0) is 28.1. The summed E-state index contributed by atoms with van der Waals surface area (Å²) >= 11 is 0. The molecule has 9 nitrogen and oxygen atoms in total. The third kappa shape index (κ3) is 9.67. The Balaban J connectivity index is 1.24. The number of halogens is 1. The Morgan fingerprint density at radius 2 is 1.62 bits per heavy atom. The Morgan fingerprint density at radius 3 is 2.21 bits per heavy atom. The first-order valence-corrected chi connectivity index (χ1v) is 15.0. The van der Waals surface area contributed by atoms with E-state index in [4.69, 9.17) is 15.2 Å². The summed E-state index contributed by atoms with van der Waals surface area (Å²) in [5.74, 6) is -0.355. The molecule has 3 rings (SSSR count). The van der Waals surface area contributed by atoms with Crippen molar-refractivity contribution in [1.29, 1.82) is 0 Å². The molecule has 0 radical (unpaired) electrons. The van der Waals surface area contributed by atoms with Crippen LogP contribution in [0.25, 0.3) is 11.2 Å². The lowest BCUT2D eigenvalue weighted by Crippen LogP contribution is -2.41. The lowest BCUT2D eigenvalue weighted by Gasteiger charge is -2.27. The van der Waals surface area contributed by atoms with Crippen molar-refractivity contribution < 1.29 is 23.8 Å². The molecule has 10 heteroatoms. The van der Waals surface area contributed by atoms with Crippen LogP contribution < -0.4 is 5.73 Å². The first kappa shape index (κ1) is 31.2. The van der Waals surface area contributed by atoms with E-state index in [1.807, 2.05) is 0 Å². The number of imidazole rings is 1. The number of fused-ring (bicyclic) bond motifs is 1. The van der Waals surface area contributed by atoms with Gasteiger partial charge in [-0.15, -0.1) is 0 Å². The fraction of sp³-hybridized carbons (Fsp3) is 0.793. The molecule has 0 aromatic carbocycles. The molecule has 1 fully saturated rings. The molecular weight excluding hydrogens is 501 g/mol. The van der Waals surface area contributed by atoms with Crippen molar-refractivity contribution in [2.75, 3.05) is 12.3 Å². The normalized spacial score (nSPS) is 21.1. The van der Waals surface area contributed by atoms with Crippen LogP contribution in [0.2, 0.25) is 0 Å².